The summed E-state index contributed by atoms with van der Waals surface area (Å²) in [7, 11) is -1.94. The highest BCUT2D eigenvalue weighted by atomic mass is 35.5. The van der Waals surface area contributed by atoms with Gasteiger partial charge in [-0.1, -0.05) is 17.7 Å². The third-order valence-corrected chi connectivity index (χ3v) is 7.14. The zero-order valence-corrected chi connectivity index (χ0v) is 22.6. The lowest BCUT2D eigenvalue weighted by Gasteiger charge is -2.34. The topological polar surface area (TPSA) is 232 Å². The van der Waals surface area contributed by atoms with E-state index in [1.807, 2.05) is 0 Å². The van der Waals surface area contributed by atoms with E-state index in [0.29, 0.717) is 11.0 Å². The first-order valence-corrected chi connectivity index (χ1v) is 12.8. The second kappa shape index (κ2) is 12.3. The van der Waals surface area contributed by atoms with Crippen molar-refractivity contribution in [3.8, 4) is 17.2 Å². The number of piperazine rings is 1. The Morgan fingerprint density at radius 3 is 2.49 bits per heavy atom. The predicted molar refractivity (Wildman–Crippen MR) is 141 cm³/mol. The molecule has 19 heteroatoms. The second-order valence-corrected chi connectivity index (χ2v) is 9.80. The number of phenolic OH excluding ortho intramolecular Hbond substituents is 2. The quantitative estimate of drug-likeness (QED) is 0.115. The third-order valence-electron chi connectivity index (χ3n) is 6.74. The number of imide groups is 1. The molecule has 1 fully saturated rings. The van der Waals surface area contributed by atoms with Gasteiger partial charge in [-0.2, -0.15) is 0 Å². The molecular weight excluding hydrogens is 603 g/mol. The fourth-order valence-corrected chi connectivity index (χ4v) is 4.83. The van der Waals surface area contributed by atoms with Gasteiger partial charge < -0.3 is 46.3 Å². The highest BCUT2D eigenvalue weighted by molar-refractivity contribution is 6.47. The summed E-state index contributed by atoms with van der Waals surface area (Å²) in [6.45, 7) is -0.286. The van der Waals surface area contributed by atoms with E-state index in [1.165, 1.54) is 6.07 Å². The van der Waals surface area contributed by atoms with E-state index < -0.39 is 93.9 Å². The summed E-state index contributed by atoms with van der Waals surface area (Å²) in [5.41, 5.74) is 4.06. The van der Waals surface area contributed by atoms with Crippen LogP contribution in [0.15, 0.2) is 18.2 Å². The van der Waals surface area contributed by atoms with Gasteiger partial charge in [-0.3, -0.25) is 19.3 Å². The lowest BCUT2D eigenvalue weighted by Crippen LogP contribution is -2.60. The molecule has 0 spiro atoms. The maximum absolute atomic E-state index is 14.4. The summed E-state index contributed by atoms with van der Waals surface area (Å²) in [5.74, 6) is -12.0. The van der Waals surface area contributed by atoms with Gasteiger partial charge in [0.15, 0.2) is 17.3 Å². The Labute approximate surface area is 245 Å². The molecule has 0 bridgehead atoms. The molecule has 2 aromatic rings. The van der Waals surface area contributed by atoms with Gasteiger partial charge in [-0.15, -0.1) is 0 Å². The molecule has 2 aliphatic heterocycles. The molecule has 8 N–H and O–H groups in total. The Morgan fingerprint density at radius 1 is 1.14 bits per heavy atom. The van der Waals surface area contributed by atoms with Crippen molar-refractivity contribution in [3.63, 3.8) is 0 Å². The lowest BCUT2D eigenvalue weighted by atomic mass is 9.72. The number of hydrogen-bond donors (Lipinski definition) is 7. The van der Waals surface area contributed by atoms with Crippen molar-refractivity contribution in [2.75, 3.05) is 26.2 Å². The van der Waals surface area contributed by atoms with Gasteiger partial charge in [0, 0.05) is 31.7 Å². The minimum Gasteiger partial charge on any atom is -0.534 e. The van der Waals surface area contributed by atoms with Crippen LogP contribution in [0.1, 0.15) is 27.5 Å². The SMILES string of the molecule is NCCN1CCN(C(=O)NC(C(=O)NC2Cc3ccc(F)c(C(=O)O)c3OB2O)c2cc(F)c(O)c(O)c2Cl)C(=O)C1=O. The number of hydrogen-bond acceptors (Lipinski definition) is 10. The Balaban J connectivity index is 1.64. The zero-order chi connectivity index (χ0) is 31.7. The van der Waals surface area contributed by atoms with Crippen molar-refractivity contribution in [1.82, 2.24) is 20.4 Å². The fraction of sp³-hybridized carbons (Fsp3) is 0.292. The van der Waals surface area contributed by atoms with E-state index >= 15 is 0 Å². The number of carboxylic acids is 1. The van der Waals surface area contributed by atoms with Crippen LogP contribution in [0, 0.1) is 11.6 Å². The molecule has 0 aliphatic carbocycles. The summed E-state index contributed by atoms with van der Waals surface area (Å²) in [4.78, 5) is 64.7. The molecule has 0 aromatic heterocycles. The number of carbonyl (C=O) groups is 5. The molecule has 2 aromatic carbocycles. The molecule has 0 saturated carbocycles. The first kappa shape index (κ1) is 31.3. The van der Waals surface area contributed by atoms with Gasteiger partial charge in [0.1, 0.15) is 23.2 Å². The Bertz CT molecular complexity index is 1530. The lowest BCUT2D eigenvalue weighted by molar-refractivity contribution is -0.153. The molecule has 2 aliphatic rings. The van der Waals surface area contributed by atoms with Crippen LogP contribution < -0.4 is 21.0 Å². The number of aromatic hydroxyl groups is 2. The van der Waals surface area contributed by atoms with Crippen molar-refractivity contribution >= 4 is 48.4 Å². The normalized spacial score (nSPS) is 17.2. The molecule has 0 radical (unpaired) electrons. The molecule has 2 atom stereocenters. The van der Waals surface area contributed by atoms with E-state index in [9.17, 15) is 53.1 Å². The van der Waals surface area contributed by atoms with Crippen molar-refractivity contribution in [3.05, 3.63) is 51.5 Å². The summed E-state index contributed by atoms with van der Waals surface area (Å²) in [5, 5.41) is 43.3. The van der Waals surface area contributed by atoms with Crippen LogP contribution in [0.25, 0.3) is 0 Å². The van der Waals surface area contributed by atoms with E-state index in [0.717, 1.165) is 11.0 Å². The van der Waals surface area contributed by atoms with Gasteiger partial charge in [-0.25, -0.2) is 18.4 Å². The van der Waals surface area contributed by atoms with Crippen LogP contribution in [0.2, 0.25) is 5.02 Å². The maximum atomic E-state index is 14.4. The second-order valence-electron chi connectivity index (χ2n) is 9.42. The number of carboxylic acid groups (broad SMARTS) is 1. The molecule has 228 valence electrons. The van der Waals surface area contributed by atoms with Crippen LogP contribution in [-0.4, -0.2) is 99.1 Å². The first-order chi connectivity index (χ1) is 20.3. The first-order valence-electron chi connectivity index (χ1n) is 12.5. The number of rotatable bonds is 7. The largest absolute Gasteiger partial charge is 0.547 e. The molecule has 15 nitrogen and oxygen atoms in total. The van der Waals surface area contributed by atoms with Gasteiger partial charge in [-0.05, 0) is 24.1 Å². The number of nitrogens with two attached hydrogens (primary N) is 1. The standard InChI is InChI=1S/C24H23BClF2N5O10/c26-15-10(8-12(28)17(34)18(15)35)16(31-24(41)33-6-5-32(4-3-29)21(37)22(33)38)20(36)30-13-7-9-1-2-11(27)14(23(39)40)19(9)43-25(13)42/h1-2,8,13,16,34-35,42H,3-7,29H2,(H,30,36)(H,31,41)(H,39,40). The summed E-state index contributed by atoms with van der Waals surface area (Å²) < 4.78 is 33.7. The van der Waals surface area contributed by atoms with Crippen molar-refractivity contribution in [2.45, 2.75) is 18.4 Å². The smallest absolute Gasteiger partial charge is 0.534 e. The van der Waals surface area contributed by atoms with Crippen LogP contribution in [0.5, 0.6) is 17.2 Å². The van der Waals surface area contributed by atoms with E-state index in [-0.39, 0.29) is 38.2 Å². The van der Waals surface area contributed by atoms with Crippen LogP contribution >= 0.6 is 11.6 Å². The third kappa shape index (κ3) is 5.97. The number of carbonyl (C=O) groups excluding carboxylic acids is 4. The Kier molecular flexibility index (Phi) is 8.93. The summed E-state index contributed by atoms with van der Waals surface area (Å²) >= 11 is 6.06. The number of nitrogens with zero attached hydrogens (tertiary/aromatic N) is 2. The molecule has 2 unspecified atom stereocenters. The molecule has 5 amide bonds. The highest BCUT2D eigenvalue weighted by Gasteiger charge is 2.42. The number of amides is 5. The monoisotopic (exact) mass is 625 g/mol. The summed E-state index contributed by atoms with van der Waals surface area (Å²) in [6.07, 6.45) is -0.303. The number of benzene rings is 2. The van der Waals surface area contributed by atoms with Crippen LogP contribution in [0.3, 0.4) is 0 Å². The Hall–Kier alpha value is -4.68. The van der Waals surface area contributed by atoms with Crippen molar-refractivity contribution in [2.24, 2.45) is 5.73 Å². The Morgan fingerprint density at radius 2 is 1.84 bits per heavy atom. The van der Waals surface area contributed by atoms with E-state index in [4.69, 9.17) is 22.0 Å². The number of nitrogens with one attached hydrogen (secondary N) is 2. The average molecular weight is 626 g/mol. The molecule has 4 rings (SSSR count). The van der Waals surface area contributed by atoms with Gasteiger partial charge in [0.25, 0.3) is 0 Å². The fourth-order valence-electron chi connectivity index (χ4n) is 4.58. The highest BCUT2D eigenvalue weighted by Crippen LogP contribution is 2.40. The van der Waals surface area contributed by atoms with Crippen LogP contribution in [-0.2, 0) is 20.8 Å². The minimum atomic E-state index is -2.01. The van der Waals surface area contributed by atoms with E-state index in [2.05, 4.69) is 10.6 Å². The van der Waals surface area contributed by atoms with Crippen molar-refractivity contribution < 1.29 is 57.8 Å². The number of halogens is 3. The van der Waals surface area contributed by atoms with Crippen LogP contribution in [0.4, 0.5) is 13.6 Å². The molecule has 43 heavy (non-hydrogen) atoms. The molecule has 2 heterocycles. The van der Waals surface area contributed by atoms with Gasteiger partial charge in [0.05, 0.1) is 11.0 Å². The maximum Gasteiger partial charge on any atom is 0.547 e. The van der Waals surface area contributed by atoms with Crippen molar-refractivity contribution in [1.29, 1.82) is 0 Å². The number of urea groups is 1. The van der Waals surface area contributed by atoms with E-state index in [1.54, 1.807) is 0 Å². The van der Waals surface area contributed by atoms with Gasteiger partial charge in [0.2, 0.25) is 5.91 Å². The average Bonchev–Trinajstić information content (AvgIpc) is 2.95. The zero-order valence-electron chi connectivity index (χ0n) is 21.8. The predicted octanol–water partition coefficient (Wildman–Crippen LogP) is -0.753. The number of phenols is 2. The molecular formula is C24H23BClF2N5O10. The number of fused-ring (bicyclic) bond motifs is 1. The number of aromatic carboxylic acids is 1. The minimum absolute atomic E-state index is 0.0439. The summed E-state index contributed by atoms with van der Waals surface area (Å²) in [6, 6.07) is -0.763. The molecule has 1 saturated heterocycles. The van der Waals surface area contributed by atoms with Gasteiger partial charge >= 0.3 is 30.9 Å².